The third-order valence-corrected chi connectivity index (χ3v) is 2.75. The molecule has 6 N–H and O–H groups in total. The molecule has 8 heteroatoms. The highest BCUT2D eigenvalue weighted by Crippen LogP contribution is 2.20. The van der Waals surface area contributed by atoms with Gasteiger partial charge in [0.1, 0.15) is 18.3 Å². The van der Waals surface area contributed by atoms with Crippen molar-refractivity contribution < 1.29 is 34.7 Å². The number of ether oxygens (including phenoxy) is 2. The average Bonchev–Trinajstić information content (AvgIpc) is 2.34. The van der Waals surface area contributed by atoms with Crippen molar-refractivity contribution in [1.29, 1.82) is 0 Å². The first kappa shape index (κ1) is 15.3. The Hall–Kier alpha value is -0.770. The third kappa shape index (κ3) is 3.87. The molecule has 0 aromatic carbocycles. The van der Waals surface area contributed by atoms with Crippen molar-refractivity contribution in [1.82, 2.24) is 0 Å². The molecule has 0 aromatic heterocycles. The summed E-state index contributed by atoms with van der Waals surface area (Å²) in [5, 5.41) is 36.5. The number of carbonyl (C=O) groups is 1. The number of hydrogen-bond donors (Lipinski definition) is 5. The van der Waals surface area contributed by atoms with Crippen molar-refractivity contribution >= 4 is 5.97 Å². The van der Waals surface area contributed by atoms with Gasteiger partial charge in [0.25, 0.3) is 0 Å². The molecule has 2 unspecified atom stereocenters. The summed E-state index contributed by atoms with van der Waals surface area (Å²) in [4.78, 5) is 10.3. The Balaban J connectivity index is 2.41. The fraction of sp³-hybridized carbons (Fsp3) is 0.900. The van der Waals surface area contributed by atoms with E-state index in [4.69, 9.17) is 25.4 Å². The maximum atomic E-state index is 10.3. The van der Waals surface area contributed by atoms with Crippen LogP contribution in [0.3, 0.4) is 0 Å². The van der Waals surface area contributed by atoms with E-state index in [1.165, 1.54) is 0 Å². The summed E-state index contributed by atoms with van der Waals surface area (Å²) in [7, 11) is 0. The van der Waals surface area contributed by atoms with Crippen molar-refractivity contribution in [2.45, 2.75) is 43.5 Å². The summed E-state index contributed by atoms with van der Waals surface area (Å²) in [6.07, 6.45) is -4.25. The Bertz CT molecular complexity index is 273. The summed E-state index contributed by atoms with van der Waals surface area (Å²) in [6.45, 7) is -0.369. The van der Waals surface area contributed by atoms with Gasteiger partial charge in [-0.05, 0) is 6.42 Å². The zero-order valence-corrected chi connectivity index (χ0v) is 9.81. The summed E-state index contributed by atoms with van der Waals surface area (Å²) in [5.41, 5.74) is 5.61. The van der Waals surface area contributed by atoms with Crippen molar-refractivity contribution in [3.63, 3.8) is 0 Å². The quantitative estimate of drug-likeness (QED) is 0.335. The van der Waals surface area contributed by atoms with Crippen molar-refractivity contribution in [3.8, 4) is 0 Å². The van der Waals surface area contributed by atoms with Gasteiger partial charge in [0.05, 0.1) is 19.3 Å². The standard InChI is InChI=1S/C10H19NO7/c11-7-9(16)8(15)5(4-12)18-10(7)17-3-1-2-6(13)14/h5,7-10,12,15-16H,1-4,11H2,(H,13,14)/t5?,7-,8-,9?,10+/m0/s1. The number of hydrogen-bond acceptors (Lipinski definition) is 7. The topological polar surface area (TPSA) is 142 Å². The minimum atomic E-state index is -1.27. The van der Waals surface area contributed by atoms with Gasteiger partial charge in [-0.2, -0.15) is 0 Å². The molecular formula is C10H19NO7. The van der Waals surface area contributed by atoms with Gasteiger partial charge in [-0.25, -0.2) is 0 Å². The molecule has 8 nitrogen and oxygen atoms in total. The molecule has 1 saturated heterocycles. The number of rotatable bonds is 6. The highest BCUT2D eigenvalue weighted by Gasteiger charge is 2.42. The van der Waals surface area contributed by atoms with Crippen LogP contribution in [0.5, 0.6) is 0 Å². The van der Waals surface area contributed by atoms with E-state index in [0.717, 1.165) is 0 Å². The lowest BCUT2D eigenvalue weighted by molar-refractivity contribution is -0.265. The fourth-order valence-electron chi connectivity index (χ4n) is 1.68. The molecule has 18 heavy (non-hydrogen) atoms. The van der Waals surface area contributed by atoms with Crippen LogP contribution in [0.1, 0.15) is 12.8 Å². The maximum Gasteiger partial charge on any atom is 0.303 e. The molecule has 1 aliphatic heterocycles. The Labute approximate surface area is 104 Å². The van der Waals surface area contributed by atoms with Crippen molar-refractivity contribution in [3.05, 3.63) is 0 Å². The molecule has 0 saturated carbocycles. The second kappa shape index (κ2) is 6.98. The van der Waals surface area contributed by atoms with Crippen LogP contribution in [-0.4, -0.2) is 70.3 Å². The Morgan fingerprint density at radius 1 is 1.33 bits per heavy atom. The van der Waals surface area contributed by atoms with Crippen LogP contribution in [-0.2, 0) is 14.3 Å². The van der Waals surface area contributed by atoms with E-state index in [1.54, 1.807) is 0 Å². The predicted molar refractivity (Wildman–Crippen MR) is 58.6 cm³/mol. The van der Waals surface area contributed by atoms with E-state index in [0.29, 0.717) is 0 Å². The zero-order chi connectivity index (χ0) is 13.7. The summed E-state index contributed by atoms with van der Waals surface area (Å²) in [5.74, 6) is -0.934. The Morgan fingerprint density at radius 2 is 2.00 bits per heavy atom. The number of carboxylic acids is 1. The van der Waals surface area contributed by atoms with E-state index in [9.17, 15) is 15.0 Å². The normalized spacial score (nSPS) is 36.6. The molecule has 1 aliphatic rings. The zero-order valence-electron chi connectivity index (χ0n) is 9.81. The molecule has 1 heterocycles. The van der Waals surface area contributed by atoms with Gasteiger partial charge in [0.15, 0.2) is 6.29 Å². The number of aliphatic hydroxyl groups is 3. The van der Waals surface area contributed by atoms with E-state index < -0.39 is 43.2 Å². The Kier molecular flexibility index (Phi) is 5.93. The number of carboxylic acid groups (broad SMARTS) is 1. The lowest BCUT2D eigenvalue weighted by Gasteiger charge is -2.40. The molecule has 5 atom stereocenters. The number of aliphatic hydroxyl groups excluding tert-OH is 3. The highest BCUT2D eigenvalue weighted by atomic mass is 16.7. The van der Waals surface area contributed by atoms with Crippen LogP contribution in [0.4, 0.5) is 0 Å². The van der Waals surface area contributed by atoms with Crippen LogP contribution in [0.25, 0.3) is 0 Å². The largest absolute Gasteiger partial charge is 0.481 e. The smallest absolute Gasteiger partial charge is 0.303 e. The first-order valence-corrected chi connectivity index (χ1v) is 5.68. The molecule has 0 amide bonds. The van der Waals surface area contributed by atoms with Crippen LogP contribution in [0, 0.1) is 0 Å². The highest BCUT2D eigenvalue weighted by molar-refractivity contribution is 5.66. The second-order valence-electron chi connectivity index (χ2n) is 4.15. The van der Waals surface area contributed by atoms with Crippen LogP contribution in [0.15, 0.2) is 0 Å². The van der Waals surface area contributed by atoms with Gasteiger partial charge in [-0.3, -0.25) is 4.79 Å². The lowest BCUT2D eigenvalue weighted by atomic mass is 9.98. The fourth-order valence-corrected chi connectivity index (χ4v) is 1.68. The van der Waals surface area contributed by atoms with Crippen molar-refractivity contribution in [2.24, 2.45) is 5.73 Å². The molecule has 0 spiro atoms. The monoisotopic (exact) mass is 265 g/mol. The summed E-state index contributed by atoms with van der Waals surface area (Å²) in [6, 6.07) is -0.951. The molecule has 0 bridgehead atoms. The van der Waals surface area contributed by atoms with Gasteiger partial charge in [0.2, 0.25) is 0 Å². The molecule has 0 aliphatic carbocycles. The van der Waals surface area contributed by atoms with Crippen LogP contribution in [0.2, 0.25) is 0 Å². The molecular weight excluding hydrogens is 246 g/mol. The molecule has 0 radical (unpaired) electrons. The molecule has 0 aromatic rings. The van der Waals surface area contributed by atoms with Crippen molar-refractivity contribution in [2.75, 3.05) is 13.2 Å². The third-order valence-electron chi connectivity index (χ3n) is 2.75. The van der Waals surface area contributed by atoms with Gasteiger partial charge in [-0.1, -0.05) is 0 Å². The summed E-state index contributed by atoms with van der Waals surface area (Å²) < 4.78 is 10.4. The first-order valence-electron chi connectivity index (χ1n) is 5.68. The SMILES string of the molecule is N[C@H]1C(O)[C@@H](O)C(CO)O[C@H]1OCCCC(=O)O. The van der Waals surface area contributed by atoms with Crippen LogP contribution >= 0.6 is 0 Å². The lowest BCUT2D eigenvalue weighted by Crippen LogP contribution is -2.62. The predicted octanol–water partition coefficient (Wildman–Crippen LogP) is -2.37. The minimum Gasteiger partial charge on any atom is -0.481 e. The van der Waals surface area contributed by atoms with E-state index in [-0.39, 0.29) is 19.4 Å². The number of aliphatic carboxylic acids is 1. The average molecular weight is 265 g/mol. The van der Waals surface area contributed by atoms with E-state index in [1.807, 2.05) is 0 Å². The number of nitrogens with two attached hydrogens (primary N) is 1. The van der Waals surface area contributed by atoms with Gasteiger partial charge < -0.3 is 35.6 Å². The molecule has 106 valence electrons. The maximum absolute atomic E-state index is 10.3. The van der Waals surface area contributed by atoms with Gasteiger partial charge in [0, 0.05) is 6.42 Å². The minimum absolute atomic E-state index is 0.0451. The van der Waals surface area contributed by atoms with Gasteiger partial charge in [-0.15, -0.1) is 0 Å². The molecule has 1 fully saturated rings. The Morgan fingerprint density at radius 3 is 2.56 bits per heavy atom. The van der Waals surface area contributed by atoms with E-state index >= 15 is 0 Å². The van der Waals surface area contributed by atoms with Crippen LogP contribution < -0.4 is 5.73 Å². The van der Waals surface area contributed by atoms with E-state index in [2.05, 4.69) is 0 Å². The summed E-state index contributed by atoms with van der Waals surface area (Å²) >= 11 is 0. The first-order chi connectivity index (χ1) is 8.47. The van der Waals surface area contributed by atoms with Gasteiger partial charge >= 0.3 is 5.97 Å². The second-order valence-corrected chi connectivity index (χ2v) is 4.15. The molecule has 1 rings (SSSR count).